The summed E-state index contributed by atoms with van der Waals surface area (Å²) in [6, 6.07) is 5.19. The molecule has 1 amide bonds. The van der Waals surface area contributed by atoms with Crippen molar-refractivity contribution in [3.63, 3.8) is 0 Å². The highest BCUT2D eigenvalue weighted by Crippen LogP contribution is 2.23. The zero-order valence-corrected chi connectivity index (χ0v) is 13.9. The molecular formula is C15H15ClN2O3S. The summed E-state index contributed by atoms with van der Waals surface area (Å²) in [5, 5.41) is 5.22. The van der Waals surface area contributed by atoms with Crippen LogP contribution in [0.2, 0.25) is 5.02 Å². The number of aromatic nitrogens is 1. The van der Waals surface area contributed by atoms with E-state index in [4.69, 9.17) is 16.3 Å². The van der Waals surface area contributed by atoms with Crippen molar-refractivity contribution in [3.8, 4) is 5.75 Å². The Kier molecular flexibility index (Phi) is 5.15. The maximum Gasteiger partial charge on any atom is 0.266 e. The number of rotatable bonds is 5. The van der Waals surface area contributed by atoms with Crippen LogP contribution in [0, 0.1) is 6.92 Å². The Balaban J connectivity index is 2.00. The fourth-order valence-corrected chi connectivity index (χ4v) is 2.67. The Labute approximate surface area is 137 Å². The van der Waals surface area contributed by atoms with E-state index < -0.39 is 6.10 Å². The van der Waals surface area contributed by atoms with Crippen LogP contribution in [-0.4, -0.2) is 22.8 Å². The van der Waals surface area contributed by atoms with Crippen LogP contribution in [0.1, 0.15) is 29.9 Å². The lowest BCUT2D eigenvalue weighted by Crippen LogP contribution is -2.30. The fourth-order valence-electron chi connectivity index (χ4n) is 1.69. The van der Waals surface area contributed by atoms with Crippen LogP contribution in [0.25, 0.3) is 0 Å². The number of ether oxygens (including phenoxy) is 1. The van der Waals surface area contributed by atoms with E-state index in [2.05, 4.69) is 10.3 Å². The summed E-state index contributed by atoms with van der Waals surface area (Å²) in [5.41, 5.74) is 1.18. The SMILES string of the molecule is CC(=O)c1csc(NC(=O)C(C)Oc2ccc(Cl)cc2C)n1. The molecule has 1 aromatic carbocycles. The van der Waals surface area contributed by atoms with Crippen LogP contribution in [0.4, 0.5) is 5.13 Å². The minimum absolute atomic E-state index is 0.141. The molecule has 0 radical (unpaired) electrons. The number of hydrogen-bond donors (Lipinski definition) is 1. The molecule has 7 heteroatoms. The second kappa shape index (κ2) is 6.89. The van der Waals surface area contributed by atoms with E-state index in [-0.39, 0.29) is 11.7 Å². The molecule has 0 aliphatic rings. The van der Waals surface area contributed by atoms with Crippen molar-refractivity contribution in [2.24, 2.45) is 0 Å². The lowest BCUT2D eigenvalue weighted by molar-refractivity contribution is -0.122. The zero-order chi connectivity index (χ0) is 16.3. The van der Waals surface area contributed by atoms with Crippen molar-refractivity contribution < 1.29 is 14.3 Å². The van der Waals surface area contributed by atoms with Crippen LogP contribution in [0.5, 0.6) is 5.75 Å². The number of hydrogen-bond acceptors (Lipinski definition) is 5. The third kappa shape index (κ3) is 4.05. The lowest BCUT2D eigenvalue weighted by atomic mass is 10.2. The predicted octanol–water partition coefficient (Wildman–Crippen LogP) is 3.71. The normalized spacial score (nSPS) is 11.8. The molecule has 1 aromatic heterocycles. The van der Waals surface area contributed by atoms with Crippen molar-refractivity contribution in [3.05, 3.63) is 39.9 Å². The minimum Gasteiger partial charge on any atom is -0.481 e. The monoisotopic (exact) mass is 338 g/mol. The first kappa shape index (κ1) is 16.5. The summed E-state index contributed by atoms with van der Waals surface area (Å²) in [6.45, 7) is 4.92. The summed E-state index contributed by atoms with van der Waals surface area (Å²) in [4.78, 5) is 27.3. The van der Waals surface area contributed by atoms with E-state index >= 15 is 0 Å². The summed E-state index contributed by atoms with van der Waals surface area (Å²) >= 11 is 7.08. The Morgan fingerprint density at radius 2 is 2.14 bits per heavy atom. The number of carbonyl (C=O) groups excluding carboxylic acids is 2. The van der Waals surface area contributed by atoms with Crippen LogP contribution in [-0.2, 0) is 4.79 Å². The van der Waals surface area contributed by atoms with Gasteiger partial charge in [0.05, 0.1) is 0 Å². The van der Waals surface area contributed by atoms with Gasteiger partial charge in [0.2, 0.25) is 0 Å². The predicted molar refractivity (Wildman–Crippen MR) is 87.0 cm³/mol. The summed E-state index contributed by atoms with van der Waals surface area (Å²) in [5.74, 6) is 0.118. The smallest absolute Gasteiger partial charge is 0.266 e. The first-order chi connectivity index (χ1) is 10.4. The maximum atomic E-state index is 12.1. The van der Waals surface area contributed by atoms with Gasteiger partial charge in [-0.3, -0.25) is 14.9 Å². The Morgan fingerprint density at radius 3 is 2.73 bits per heavy atom. The van der Waals surface area contributed by atoms with Gasteiger partial charge in [-0.15, -0.1) is 11.3 Å². The Morgan fingerprint density at radius 1 is 1.41 bits per heavy atom. The molecule has 2 aromatic rings. The average molecular weight is 339 g/mol. The van der Waals surface area contributed by atoms with Gasteiger partial charge in [0.25, 0.3) is 5.91 Å². The molecule has 116 valence electrons. The summed E-state index contributed by atoms with van der Waals surface area (Å²) in [7, 11) is 0. The van der Waals surface area contributed by atoms with Gasteiger partial charge in [-0.05, 0) is 37.6 Å². The van der Waals surface area contributed by atoms with E-state index in [1.54, 1.807) is 30.5 Å². The van der Waals surface area contributed by atoms with E-state index in [0.717, 1.165) is 5.56 Å². The highest BCUT2D eigenvalue weighted by Gasteiger charge is 2.17. The van der Waals surface area contributed by atoms with Crippen molar-refractivity contribution in [1.29, 1.82) is 0 Å². The number of ketones is 1. The molecule has 22 heavy (non-hydrogen) atoms. The van der Waals surface area contributed by atoms with Gasteiger partial charge < -0.3 is 4.74 Å². The molecule has 0 saturated carbocycles. The number of thiazole rings is 1. The van der Waals surface area contributed by atoms with Gasteiger partial charge in [-0.25, -0.2) is 4.98 Å². The number of benzene rings is 1. The van der Waals surface area contributed by atoms with Gasteiger partial charge in [0.1, 0.15) is 11.4 Å². The molecule has 1 unspecified atom stereocenters. The second-order valence-electron chi connectivity index (χ2n) is 4.75. The van der Waals surface area contributed by atoms with Crippen molar-refractivity contribution in [2.75, 3.05) is 5.32 Å². The third-order valence-electron chi connectivity index (χ3n) is 2.90. The molecule has 0 fully saturated rings. The largest absolute Gasteiger partial charge is 0.481 e. The Bertz CT molecular complexity index is 715. The minimum atomic E-state index is -0.704. The molecule has 1 heterocycles. The molecule has 0 bridgehead atoms. The maximum absolute atomic E-state index is 12.1. The van der Waals surface area contributed by atoms with Gasteiger partial charge in [-0.1, -0.05) is 11.6 Å². The molecule has 0 aliphatic carbocycles. The lowest BCUT2D eigenvalue weighted by Gasteiger charge is -2.15. The van der Waals surface area contributed by atoms with Crippen LogP contribution in [0.15, 0.2) is 23.6 Å². The standard InChI is InChI=1S/C15H15ClN2O3S/c1-8-6-11(16)4-5-13(8)21-10(3)14(20)18-15-17-12(7-22-15)9(2)19/h4-7,10H,1-3H3,(H,17,18,20). The van der Waals surface area contributed by atoms with E-state index in [9.17, 15) is 9.59 Å². The quantitative estimate of drug-likeness (QED) is 0.844. The van der Waals surface area contributed by atoms with Gasteiger partial charge in [0.15, 0.2) is 17.0 Å². The number of halogens is 1. The topological polar surface area (TPSA) is 68.3 Å². The highest BCUT2D eigenvalue weighted by atomic mass is 35.5. The Hall–Kier alpha value is -1.92. The van der Waals surface area contributed by atoms with Crippen molar-refractivity contribution in [1.82, 2.24) is 4.98 Å². The van der Waals surface area contributed by atoms with E-state index in [1.807, 2.05) is 6.92 Å². The third-order valence-corrected chi connectivity index (χ3v) is 3.90. The number of aryl methyl sites for hydroxylation is 1. The molecule has 1 N–H and O–H groups in total. The number of anilines is 1. The highest BCUT2D eigenvalue weighted by molar-refractivity contribution is 7.14. The molecular weight excluding hydrogens is 324 g/mol. The van der Waals surface area contributed by atoms with Crippen LogP contribution >= 0.6 is 22.9 Å². The van der Waals surface area contributed by atoms with Gasteiger partial charge >= 0.3 is 0 Å². The molecule has 0 saturated heterocycles. The number of amides is 1. The molecule has 0 spiro atoms. The molecule has 0 aliphatic heterocycles. The molecule has 2 rings (SSSR count). The number of Topliss-reactive ketones (excluding diaryl/α,β-unsaturated/α-hetero) is 1. The second-order valence-corrected chi connectivity index (χ2v) is 6.05. The number of nitrogens with zero attached hydrogens (tertiary/aromatic N) is 1. The first-order valence-corrected chi connectivity index (χ1v) is 7.82. The average Bonchev–Trinajstić information content (AvgIpc) is 2.90. The fraction of sp³-hybridized carbons (Fsp3) is 0.267. The van der Waals surface area contributed by atoms with Gasteiger partial charge in [-0.2, -0.15) is 0 Å². The molecule has 1 atom stereocenters. The van der Waals surface area contributed by atoms with Crippen molar-refractivity contribution in [2.45, 2.75) is 26.9 Å². The summed E-state index contributed by atoms with van der Waals surface area (Å²) < 4.78 is 5.63. The number of nitrogens with one attached hydrogen (secondary N) is 1. The van der Waals surface area contributed by atoms with Crippen molar-refractivity contribution >= 4 is 39.8 Å². The molecule has 5 nitrogen and oxygen atoms in total. The first-order valence-electron chi connectivity index (χ1n) is 6.57. The van der Waals surface area contributed by atoms with Crippen LogP contribution < -0.4 is 10.1 Å². The van der Waals surface area contributed by atoms with Gasteiger partial charge in [0, 0.05) is 17.3 Å². The van der Waals surface area contributed by atoms with E-state index in [0.29, 0.717) is 21.6 Å². The van der Waals surface area contributed by atoms with Crippen LogP contribution in [0.3, 0.4) is 0 Å². The zero-order valence-electron chi connectivity index (χ0n) is 12.3. The number of carbonyl (C=O) groups is 2. The van der Waals surface area contributed by atoms with E-state index in [1.165, 1.54) is 18.3 Å². The summed E-state index contributed by atoms with van der Waals surface area (Å²) in [6.07, 6.45) is -0.704.